The van der Waals surface area contributed by atoms with Crippen molar-refractivity contribution in [1.82, 2.24) is 14.9 Å². The number of nitrogens with zero attached hydrogens (tertiary/aromatic N) is 3. The molecule has 5 nitrogen and oxygen atoms in total. The van der Waals surface area contributed by atoms with Crippen molar-refractivity contribution in [2.45, 2.75) is 45.2 Å². The van der Waals surface area contributed by atoms with Crippen LogP contribution in [0.1, 0.15) is 50.4 Å². The molecule has 26 heavy (non-hydrogen) atoms. The molecule has 9 heteroatoms. The minimum atomic E-state index is -4.65. The van der Waals surface area contributed by atoms with Gasteiger partial charge in [-0.15, -0.1) is 5.10 Å². The minimum absolute atomic E-state index is 0.233. The smallest absolute Gasteiger partial charge is 0.453 e. The van der Waals surface area contributed by atoms with Crippen molar-refractivity contribution in [2.75, 3.05) is 6.61 Å². The van der Waals surface area contributed by atoms with E-state index in [1.165, 1.54) is 25.5 Å². The summed E-state index contributed by atoms with van der Waals surface area (Å²) in [4.78, 5) is 0. The number of hydrogen-bond acceptors (Lipinski definition) is 4. The highest BCUT2D eigenvalue weighted by Crippen LogP contribution is 2.27. The number of hydrogen-bond donors (Lipinski definition) is 1. The summed E-state index contributed by atoms with van der Waals surface area (Å²) in [5, 5.41) is 9.11. The van der Waals surface area contributed by atoms with Crippen LogP contribution in [0.3, 0.4) is 0 Å². The highest BCUT2D eigenvalue weighted by Gasteiger charge is 2.37. The Kier molecular flexibility index (Phi) is 7.38. The summed E-state index contributed by atoms with van der Waals surface area (Å²) in [7, 11) is 0. The third kappa shape index (κ3) is 5.69. The van der Waals surface area contributed by atoms with Gasteiger partial charge in [0.05, 0.1) is 12.8 Å². The molecule has 2 rings (SSSR count). The molecule has 0 radical (unpaired) electrons. The van der Waals surface area contributed by atoms with Gasteiger partial charge in [-0.05, 0) is 30.8 Å². The summed E-state index contributed by atoms with van der Waals surface area (Å²) in [6.07, 6.45) is 2.20. The lowest BCUT2D eigenvalue weighted by molar-refractivity contribution is -0.147. The minimum Gasteiger partial charge on any atom is -0.493 e. The third-order valence-electron chi connectivity index (χ3n) is 3.64. The molecule has 1 heterocycles. The van der Waals surface area contributed by atoms with Crippen LogP contribution >= 0.6 is 12.2 Å². The molecule has 2 aromatic rings. The second-order valence-corrected chi connectivity index (χ2v) is 6.09. The molecular weight excluding hydrogens is 365 g/mol. The van der Waals surface area contributed by atoms with Crippen LogP contribution in [0, 0.1) is 4.77 Å². The number of aromatic nitrogens is 3. The molecule has 0 saturated carbocycles. The lowest BCUT2D eigenvalue weighted by Crippen LogP contribution is -2.13. The summed E-state index contributed by atoms with van der Waals surface area (Å²) < 4.78 is 44.8. The summed E-state index contributed by atoms with van der Waals surface area (Å²) in [6, 6.07) is 7.03. The number of ether oxygens (including phenoxy) is 1. The molecule has 0 atom stereocenters. The van der Waals surface area contributed by atoms with Gasteiger partial charge in [-0.3, -0.25) is 0 Å². The fourth-order valence-corrected chi connectivity index (χ4v) is 2.49. The third-order valence-corrected chi connectivity index (χ3v) is 3.90. The van der Waals surface area contributed by atoms with Gasteiger partial charge in [0.25, 0.3) is 5.82 Å². The zero-order chi connectivity index (χ0) is 19.0. The van der Waals surface area contributed by atoms with Gasteiger partial charge in [0.15, 0.2) is 0 Å². The first-order valence-electron chi connectivity index (χ1n) is 8.44. The number of alkyl halides is 3. The molecule has 1 aromatic carbocycles. The summed E-state index contributed by atoms with van der Waals surface area (Å²) >= 11 is 4.81. The van der Waals surface area contributed by atoms with Gasteiger partial charge in [-0.25, -0.2) is 5.10 Å². The van der Waals surface area contributed by atoms with Gasteiger partial charge < -0.3 is 4.74 Å². The lowest BCUT2D eigenvalue weighted by atomic mass is 10.2. The molecule has 1 aromatic heterocycles. The van der Waals surface area contributed by atoms with Gasteiger partial charge in [-0.1, -0.05) is 44.7 Å². The highest BCUT2D eigenvalue weighted by molar-refractivity contribution is 7.71. The van der Waals surface area contributed by atoms with Crippen LogP contribution in [-0.2, 0) is 6.18 Å². The molecule has 0 saturated heterocycles. The molecule has 0 fully saturated rings. The number of halogens is 3. The first-order valence-corrected chi connectivity index (χ1v) is 8.85. The van der Waals surface area contributed by atoms with Crippen molar-refractivity contribution < 1.29 is 17.9 Å². The van der Waals surface area contributed by atoms with E-state index in [0.29, 0.717) is 22.6 Å². The second kappa shape index (κ2) is 9.51. The SMILES string of the molecule is CCCCCCCOc1ccccc1/C=N\n1c(C(F)(F)F)n[nH]c1=S. The summed E-state index contributed by atoms with van der Waals surface area (Å²) in [6.45, 7) is 2.70. The molecule has 0 aliphatic carbocycles. The number of aromatic amines is 1. The van der Waals surface area contributed by atoms with E-state index in [-0.39, 0.29) is 4.77 Å². The van der Waals surface area contributed by atoms with Crippen molar-refractivity contribution in [3.63, 3.8) is 0 Å². The van der Waals surface area contributed by atoms with Crippen molar-refractivity contribution in [3.05, 3.63) is 40.4 Å². The number of para-hydroxylation sites is 1. The average Bonchev–Trinajstić information content (AvgIpc) is 2.98. The van der Waals surface area contributed by atoms with E-state index in [2.05, 4.69) is 22.2 Å². The maximum atomic E-state index is 12.9. The molecule has 0 aliphatic heterocycles. The summed E-state index contributed by atoms with van der Waals surface area (Å²) in [5.74, 6) is -0.636. The van der Waals surface area contributed by atoms with Crippen molar-refractivity contribution in [2.24, 2.45) is 5.10 Å². The van der Waals surface area contributed by atoms with Crippen LogP contribution in [0.25, 0.3) is 0 Å². The van der Waals surface area contributed by atoms with E-state index in [0.717, 1.165) is 12.8 Å². The fraction of sp³-hybridized carbons (Fsp3) is 0.471. The van der Waals surface area contributed by atoms with E-state index in [1.807, 2.05) is 0 Å². The topological polar surface area (TPSA) is 55.2 Å². The summed E-state index contributed by atoms with van der Waals surface area (Å²) in [5.41, 5.74) is 0.567. The number of nitrogens with one attached hydrogen (secondary N) is 1. The molecule has 1 N–H and O–H groups in total. The molecule has 0 spiro atoms. The number of rotatable bonds is 9. The Hall–Kier alpha value is -2.16. The Morgan fingerprint density at radius 2 is 1.96 bits per heavy atom. The standard InChI is InChI=1S/C17H21F3N4OS/c1-2-3-4-5-8-11-25-14-10-7-6-9-13(14)12-21-24-15(17(18,19)20)22-23-16(24)26/h6-7,9-10,12H,2-5,8,11H2,1H3,(H,23,26)/b21-12-. The van der Waals surface area contributed by atoms with Crippen molar-refractivity contribution >= 4 is 18.4 Å². The van der Waals surface area contributed by atoms with E-state index in [9.17, 15) is 13.2 Å². The van der Waals surface area contributed by atoms with Crippen LogP contribution < -0.4 is 4.74 Å². The first kappa shape index (κ1) is 20.2. The lowest BCUT2D eigenvalue weighted by Gasteiger charge is -2.09. The van der Waals surface area contributed by atoms with E-state index < -0.39 is 12.0 Å². The van der Waals surface area contributed by atoms with Gasteiger partial charge in [-0.2, -0.15) is 22.9 Å². The first-order chi connectivity index (χ1) is 12.4. The number of H-pyrrole nitrogens is 1. The maximum absolute atomic E-state index is 12.9. The van der Waals surface area contributed by atoms with Crippen molar-refractivity contribution in [3.8, 4) is 5.75 Å². The van der Waals surface area contributed by atoms with Gasteiger partial charge >= 0.3 is 6.18 Å². The van der Waals surface area contributed by atoms with Crippen LogP contribution in [0.15, 0.2) is 29.4 Å². The number of benzene rings is 1. The zero-order valence-electron chi connectivity index (χ0n) is 14.4. The molecule has 142 valence electrons. The van der Waals surface area contributed by atoms with Crippen LogP contribution in [-0.4, -0.2) is 27.7 Å². The molecule has 0 bridgehead atoms. The normalized spacial score (nSPS) is 12.0. The van der Waals surface area contributed by atoms with E-state index in [1.54, 1.807) is 24.3 Å². The Bertz CT molecular complexity index is 783. The molecular formula is C17H21F3N4OS. The van der Waals surface area contributed by atoms with Crippen LogP contribution in [0.2, 0.25) is 0 Å². The van der Waals surface area contributed by atoms with Crippen LogP contribution in [0.4, 0.5) is 13.2 Å². The second-order valence-electron chi connectivity index (χ2n) is 5.71. The zero-order valence-corrected chi connectivity index (χ0v) is 15.2. The number of unbranched alkanes of at least 4 members (excludes halogenated alkanes) is 4. The predicted octanol–water partition coefficient (Wildman–Crippen LogP) is 5.19. The Balaban J connectivity index is 2.08. The molecule has 0 amide bonds. The van der Waals surface area contributed by atoms with Crippen LogP contribution in [0.5, 0.6) is 5.75 Å². The monoisotopic (exact) mass is 386 g/mol. The van der Waals surface area contributed by atoms with Gasteiger partial charge in [0.2, 0.25) is 4.77 Å². The van der Waals surface area contributed by atoms with E-state index >= 15 is 0 Å². The largest absolute Gasteiger partial charge is 0.493 e. The van der Waals surface area contributed by atoms with E-state index in [4.69, 9.17) is 17.0 Å². The fourth-order valence-electron chi connectivity index (χ4n) is 2.31. The van der Waals surface area contributed by atoms with Gasteiger partial charge in [0, 0.05) is 5.56 Å². The van der Waals surface area contributed by atoms with Crippen molar-refractivity contribution in [1.29, 1.82) is 0 Å². The molecule has 0 aliphatic rings. The average molecular weight is 386 g/mol. The maximum Gasteiger partial charge on any atom is 0.453 e. The Morgan fingerprint density at radius 1 is 1.23 bits per heavy atom. The Morgan fingerprint density at radius 3 is 2.69 bits per heavy atom. The van der Waals surface area contributed by atoms with Gasteiger partial charge in [0.1, 0.15) is 5.75 Å². The predicted molar refractivity (Wildman–Crippen MR) is 96.1 cm³/mol. The Labute approximate surface area is 154 Å². The molecule has 0 unspecified atom stereocenters. The quantitative estimate of drug-likeness (QED) is 0.366. The highest BCUT2D eigenvalue weighted by atomic mass is 32.1.